The molecule has 2 heteroatoms. The van der Waals surface area contributed by atoms with E-state index in [9.17, 15) is 4.39 Å². The third-order valence-electron chi connectivity index (χ3n) is 3.64. The summed E-state index contributed by atoms with van der Waals surface area (Å²) in [5, 5.41) is 0. The van der Waals surface area contributed by atoms with Crippen molar-refractivity contribution in [1.29, 1.82) is 0 Å². The molecule has 0 aliphatic heterocycles. The molecule has 16 heavy (non-hydrogen) atoms. The molecule has 1 fully saturated rings. The minimum absolute atomic E-state index is 0.210. The molecule has 1 atom stereocenters. The van der Waals surface area contributed by atoms with Crippen LogP contribution in [0.3, 0.4) is 0 Å². The van der Waals surface area contributed by atoms with Crippen molar-refractivity contribution >= 4 is 0 Å². The summed E-state index contributed by atoms with van der Waals surface area (Å²) in [4.78, 5) is 0. The predicted octanol–water partition coefficient (Wildman–Crippen LogP) is 3.74. The van der Waals surface area contributed by atoms with Crippen LogP contribution in [0.25, 0.3) is 0 Å². The summed E-state index contributed by atoms with van der Waals surface area (Å²) < 4.78 is 14.4. The first-order valence-electron chi connectivity index (χ1n) is 6.25. The number of halogens is 1. The van der Waals surface area contributed by atoms with E-state index < -0.39 is 6.17 Å². The Morgan fingerprint density at radius 3 is 2.56 bits per heavy atom. The molecule has 1 aromatic rings. The summed E-state index contributed by atoms with van der Waals surface area (Å²) in [5.74, 6) is 0.210. The third-order valence-corrected chi connectivity index (χ3v) is 3.64. The fourth-order valence-corrected chi connectivity index (χ4v) is 2.67. The zero-order chi connectivity index (χ0) is 11.4. The first-order valence-corrected chi connectivity index (χ1v) is 6.25. The normalized spacial score (nSPS) is 19.6. The molecule has 1 nitrogen and oxygen atoms in total. The van der Waals surface area contributed by atoms with Crippen LogP contribution in [0.15, 0.2) is 24.3 Å². The number of hydrogen-bond donors (Lipinski definition) is 1. The molecule has 88 valence electrons. The van der Waals surface area contributed by atoms with Gasteiger partial charge in [-0.1, -0.05) is 43.5 Å². The van der Waals surface area contributed by atoms with Gasteiger partial charge >= 0.3 is 0 Å². The molecule has 0 radical (unpaired) electrons. The van der Waals surface area contributed by atoms with Gasteiger partial charge in [0, 0.05) is 6.54 Å². The maximum Gasteiger partial charge on any atom is 0.128 e. The minimum Gasteiger partial charge on any atom is -0.326 e. The Labute approximate surface area is 96.9 Å². The highest BCUT2D eigenvalue weighted by Crippen LogP contribution is 2.37. The molecule has 0 bridgehead atoms. The summed E-state index contributed by atoms with van der Waals surface area (Å²) in [6, 6.07) is 7.66. The minimum atomic E-state index is -0.819. The van der Waals surface area contributed by atoms with Crippen LogP contribution in [0.1, 0.15) is 49.4 Å². The molecule has 2 rings (SSSR count). The van der Waals surface area contributed by atoms with Crippen molar-refractivity contribution in [3.8, 4) is 0 Å². The van der Waals surface area contributed by atoms with Gasteiger partial charge in [0.2, 0.25) is 0 Å². The molecule has 0 heterocycles. The molecular formula is C14H20FN. The number of rotatable bonds is 3. The molecule has 0 saturated heterocycles. The van der Waals surface area contributed by atoms with E-state index in [0.29, 0.717) is 6.54 Å². The van der Waals surface area contributed by atoms with Gasteiger partial charge in [-0.05, 0) is 29.9 Å². The average Bonchev–Trinajstić information content (AvgIpc) is 2.39. The van der Waals surface area contributed by atoms with Gasteiger partial charge in [-0.15, -0.1) is 0 Å². The molecule has 1 saturated carbocycles. The van der Waals surface area contributed by atoms with Gasteiger partial charge in [-0.25, -0.2) is 4.39 Å². The van der Waals surface area contributed by atoms with Gasteiger partial charge in [0.15, 0.2) is 0 Å². The Balaban J connectivity index is 2.15. The van der Waals surface area contributed by atoms with Gasteiger partial charge in [0.1, 0.15) is 6.17 Å². The van der Waals surface area contributed by atoms with Crippen molar-refractivity contribution in [3.63, 3.8) is 0 Å². The number of nitrogens with two attached hydrogens (primary N) is 1. The van der Waals surface area contributed by atoms with Gasteiger partial charge in [-0.2, -0.15) is 0 Å². The van der Waals surface area contributed by atoms with Gasteiger partial charge < -0.3 is 5.73 Å². The molecule has 0 amide bonds. The van der Waals surface area contributed by atoms with Crippen molar-refractivity contribution in [3.05, 3.63) is 35.4 Å². The van der Waals surface area contributed by atoms with Crippen LogP contribution in [0.5, 0.6) is 0 Å². The molecule has 1 aliphatic rings. The topological polar surface area (TPSA) is 26.0 Å². The fourth-order valence-electron chi connectivity index (χ4n) is 2.67. The lowest BCUT2D eigenvalue weighted by Crippen LogP contribution is -2.15. The van der Waals surface area contributed by atoms with Crippen LogP contribution in [-0.4, -0.2) is 0 Å². The summed E-state index contributed by atoms with van der Waals surface area (Å²) in [6.07, 6.45) is 4.85. The van der Waals surface area contributed by atoms with E-state index in [1.165, 1.54) is 19.3 Å². The lowest BCUT2D eigenvalue weighted by Gasteiger charge is -2.26. The molecule has 2 N–H and O–H groups in total. The second-order valence-corrected chi connectivity index (χ2v) is 4.70. The SMILES string of the molecule is NCc1ccccc1C(F)C1CCCCC1. The quantitative estimate of drug-likeness (QED) is 0.826. The summed E-state index contributed by atoms with van der Waals surface area (Å²) in [5.41, 5.74) is 7.43. The molecule has 0 aromatic heterocycles. The van der Waals surface area contributed by atoms with Crippen molar-refractivity contribution < 1.29 is 4.39 Å². The van der Waals surface area contributed by atoms with E-state index in [0.717, 1.165) is 24.0 Å². The highest BCUT2D eigenvalue weighted by molar-refractivity contribution is 5.29. The van der Waals surface area contributed by atoms with Crippen LogP contribution >= 0.6 is 0 Å². The zero-order valence-corrected chi connectivity index (χ0v) is 9.66. The Bertz CT molecular complexity index is 331. The van der Waals surface area contributed by atoms with Gasteiger partial charge in [-0.3, -0.25) is 0 Å². The van der Waals surface area contributed by atoms with E-state index >= 15 is 0 Å². The van der Waals surface area contributed by atoms with Crippen LogP contribution in [0.4, 0.5) is 4.39 Å². The first-order chi connectivity index (χ1) is 7.83. The standard InChI is InChI=1S/C14H20FN/c15-14(11-6-2-1-3-7-11)13-9-5-4-8-12(13)10-16/h4-5,8-9,11,14H,1-3,6-7,10,16H2. The Morgan fingerprint density at radius 2 is 1.88 bits per heavy atom. The van der Waals surface area contributed by atoms with Crippen molar-refractivity contribution in [2.45, 2.75) is 44.8 Å². The highest BCUT2D eigenvalue weighted by Gasteiger charge is 2.25. The largest absolute Gasteiger partial charge is 0.326 e. The van der Waals surface area contributed by atoms with Crippen LogP contribution in [-0.2, 0) is 6.54 Å². The number of alkyl halides is 1. The van der Waals surface area contributed by atoms with E-state index in [4.69, 9.17) is 5.73 Å². The summed E-state index contributed by atoms with van der Waals surface area (Å²) in [6.45, 7) is 0.434. The van der Waals surface area contributed by atoms with Gasteiger partial charge in [0.05, 0.1) is 0 Å². The first kappa shape index (κ1) is 11.6. The second-order valence-electron chi connectivity index (χ2n) is 4.70. The van der Waals surface area contributed by atoms with E-state index in [1.54, 1.807) is 0 Å². The summed E-state index contributed by atoms with van der Waals surface area (Å²) in [7, 11) is 0. The zero-order valence-electron chi connectivity index (χ0n) is 9.66. The lowest BCUT2D eigenvalue weighted by molar-refractivity contribution is 0.182. The predicted molar refractivity (Wildman–Crippen MR) is 64.8 cm³/mol. The Kier molecular flexibility index (Phi) is 3.94. The number of hydrogen-bond acceptors (Lipinski definition) is 1. The second kappa shape index (κ2) is 5.44. The van der Waals surface area contributed by atoms with Crippen molar-refractivity contribution in [2.24, 2.45) is 11.7 Å². The molecule has 0 spiro atoms. The van der Waals surface area contributed by atoms with Crippen molar-refractivity contribution in [1.82, 2.24) is 0 Å². The third kappa shape index (κ3) is 2.43. The molecular weight excluding hydrogens is 201 g/mol. The van der Waals surface area contributed by atoms with E-state index in [2.05, 4.69) is 0 Å². The van der Waals surface area contributed by atoms with Gasteiger partial charge in [0.25, 0.3) is 0 Å². The maximum atomic E-state index is 14.4. The summed E-state index contributed by atoms with van der Waals surface area (Å²) >= 11 is 0. The highest BCUT2D eigenvalue weighted by atomic mass is 19.1. The van der Waals surface area contributed by atoms with Crippen molar-refractivity contribution in [2.75, 3.05) is 0 Å². The van der Waals surface area contributed by atoms with Crippen LogP contribution < -0.4 is 5.73 Å². The van der Waals surface area contributed by atoms with Crippen LogP contribution in [0.2, 0.25) is 0 Å². The molecule has 1 aromatic carbocycles. The smallest absolute Gasteiger partial charge is 0.128 e. The van der Waals surface area contributed by atoms with Crippen LogP contribution in [0, 0.1) is 5.92 Å². The Morgan fingerprint density at radius 1 is 1.19 bits per heavy atom. The monoisotopic (exact) mass is 221 g/mol. The lowest BCUT2D eigenvalue weighted by atomic mass is 9.82. The van der Waals surface area contributed by atoms with E-state index in [-0.39, 0.29) is 5.92 Å². The molecule has 1 unspecified atom stereocenters. The average molecular weight is 221 g/mol. The fraction of sp³-hybridized carbons (Fsp3) is 0.571. The Hall–Kier alpha value is -0.890. The maximum absolute atomic E-state index is 14.4. The molecule has 1 aliphatic carbocycles. The number of benzene rings is 1. The van der Waals surface area contributed by atoms with E-state index in [1.807, 2.05) is 24.3 Å².